The average molecular weight is 274 g/mol. The third-order valence-electron chi connectivity index (χ3n) is 4.20. The Labute approximate surface area is 122 Å². The van der Waals surface area contributed by atoms with Crippen molar-refractivity contribution in [1.82, 2.24) is 4.90 Å². The molecule has 1 fully saturated rings. The molecule has 1 saturated heterocycles. The van der Waals surface area contributed by atoms with E-state index in [4.69, 9.17) is 0 Å². The number of anilines is 1. The molecule has 1 atom stereocenters. The maximum absolute atomic E-state index is 12.3. The Hall–Kier alpha value is -1.35. The van der Waals surface area contributed by atoms with E-state index in [9.17, 15) is 4.79 Å². The number of rotatable bonds is 4. The molecule has 0 aromatic heterocycles. The molecule has 20 heavy (non-hydrogen) atoms. The standard InChI is InChI=1S/C17H26N2O/c1-3-15-8-10-16(11-9-15)18-17(20)14(2)19-12-6-4-5-7-13-19/h8-11,14H,3-7,12-13H2,1-2H3,(H,18,20). The van der Waals surface area contributed by atoms with Gasteiger partial charge in [0.25, 0.3) is 0 Å². The summed E-state index contributed by atoms with van der Waals surface area (Å²) >= 11 is 0. The zero-order chi connectivity index (χ0) is 14.4. The number of likely N-dealkylation sites (tertiary alicyclic amines) is 1. The van der Waals surface area contributed by atoms with Gasteiger partial charge in [-0.3, -0.25) is 9.69 Å². The first kappa shape index (κ1) is 15.0. The Balaban J connectivity index is 1.92. The Morgan fingerprint density at radius 1 is 1.15 bits per heavy atom. The van der Waals surface area contributed by atoms with E-state index < -0.39 is 0 Å². The summed E-state index contributed by atoms with van der Waals surface area (Å²) in [6.07, 6.45) is 6.04. The number of carbonyl (C=O) groups excluding carboxylic acids is 1. The Bertz CT molecular complexity index is 419. The fraction of sp³-hybridized carbons (Fsp3) is 0.588. The molecule has 1 aromatic rings. The molecule has 0 saturated carbocycles. The summed E-state index contributed by atoms with van der Waals surface area (Å²) in [5, 5.41) is 3.03. The van der Waals surface area contributed by atoms with Crippen LogP contribution in [-0.4, -0.2) is 29.9 Å². The molecule has 1 N–H and O–H groups in total. The fourth-order valence-corrected chi connectivity index (χ4v) is 2.72. The molecule has 1 aromatic carbocycles. The van der Waals surface area contributed by atoms with Gasteiger partial charge in [-0.2, -0.15) is 0 Å². The van der Waals surface area contributed by atoms with Crippen LogP contribution in [0.2, 0.25) is 0 Å². The largest absolute Gasteiger partial charge is 0.325 e. The van der Waals surface area contributed by atoms with Crippen LogP contribution in [0.5, 0.6) is 0 Å². The van der Waals surface area contributed by atoms with Crippen LogP contribution in [0.4, 0.5) is 5.69 Å². The molecule has 3 nitrogen and oxygen atoms in total. The van der Waals surface area contributed by atoms with Crippen molar-refractivity contribution >= 4 is 11.6 Å². The summed E-state index contributed by atoms with van der Waals surface area (Å²) in [7, 11) is 0. The van der Waals surface area contributed by atoms with Crippen LogP contribution in [0.15, 0.2) is 24.3 Å². The second-order valence-electron chi connectivity index (χ2n) is 5.67. The lowest BCUT2D eigenvalue weighted by atomic mass is 10.1. The van der Waals surface area contributed by atoms with Crippen molar-refractivity contribution in [2.45, 2.75) is 52.0 Å². The molecule has 0 radical (unpaired) electrons. The van der Waals surface area contributed by atoms with E-state index in [1.165, 1.54) is 31.2 Å². The van der Waals surface area contributed by atoms with Crippen LogP contribution < -0.4 is 5.32 Å². The van der Waals surface area contributed by atoms with E-state index in [-0.39, 0.29) is 11.9 Å². The van der Waals surface area contributed by atoms with Crippen molar-refractivity contribution in [2.75, 3.05) is 18.4 Å². The Morgan fingerprint density at radius 2 is 1.75 bits per heavy atom. The highest BCUT2D eigenvalue weighted by atomic mass is 16.2. The van der Waals surface area contributed by atoms with Crippen molar-refractivity contribution in [3.63, 3.8) is 0 Å². The van der Waals surface area contributed by atoms with Crippen molar-refractivity contribution in [2.24, 2.45) is 0 Å². The normalized spacial score (nSPS) is 18.3. The third-order valence-corrected chi connectivity index (χ3v) is 4.20. The lowest BCUT2D eigenvalue weighted by Crippen LogP contribution is -2.42. The number of carbonyl (C=O) groups is 1. The van der Waals surface area contributed by atoms with Crippen LogP contribution in [0.25, 0.3) is 0 Å². The molecule has 1 amide bonds. The smallest absolute Gasteiger partial charge is 0.241 e. The molecular weight excluding hydrogens is 248 g/mol. The van der Waals surface area contributed by atoms with E-state index >= 15 is 0 Å². The highest BCUT2D eigenvalue weighted by molar-refractivity contribution is 5.94. The van der Waals surface area contributed by atoms with Gasteiger partial charge >= 0.3 is 0 Å². The van der Waals surface area contributed by atoms with Gasteiger partial charge in [0.1, 0.15) is 0 Å². The van der Waals surface area contributed by atoms with Gasteiger partial charge in [-0.15, -0.1) is 0 Å². The van der Waals surface area contributed by atoms with Crippen LogP contribution in [-0.2, 0) is 11.2 Å². The maximum Gasteiger partial charge on any atom is 0.241 e. The van der Waals surface area contributed by atoms with Gasteiger partial charge in [0.2, 0.25) is 5.91 Å². The predicted octanol–water partition coefficient (Wildman–Crippen LogP) is 3.45. The number of nitrogens with zero attached hydrogens (tertiary/aromatic N) is 1. The van der Waals surface area contributed by atoms with Crippen molar-refractivity contribution in [3.8, 4) is 0 Å². The molecule has 2 rings (SSSR count). The van der Waals surface area contributed by atoms with Gasteiger partial charge < -0.3 is 5.32 Å². The molecule has 1 aliphatic heterocycles. The summed E-state index contributed by atoms with van der Waals surface area (Å²) in [4.78, 5) is 14.6. The highest BCUT2D eigenvalue weighted by Crippen LogP contribution is 2.15. The Kier molecular flexibility index (Phi) is 5.60. The van der Waals surface area contributed by atoms with Crippen molar-refractivity contribution in [1.29, 1.82) is 0 Å². The minimum atomic E-state index is -0.0426. The van der Waals surface area contributed by atoms with E-state index in [1.54, 1.807) is 0 Å². The zero-order valence-corrected chi connectivity index (χ0v) is 12.7. The molecule has 1 aliphatic rings. The summed E-state index contributed by atoms with van der Waals surface area (Å²) in [5.41, 5.74) is 2.19. The number of aryl methyl sites for hydroxylation is 1. The van der Waals surface area contributed by atoms with E-state index in [2.05, 4.69) is 29.3 Å². The monoisotopic (exact) mass is 274 g/mol. The predicted molar refractivity (Wildman–Crippen MR) is 84.0 cm³/mol. The molecule has 1 heterocycles. The topological polar surface area (TPSA) is 32.3 Å². The average Bonchev–Trinajstić information content (AvgIpc) is 2.76. The number of benzene rings is 1. The first-order valence-corrected chi connectivity index (χ1v) is 7.84. The van der Waals surface area contributed by atoms with E-state index in [0.29, 0.717) is 0 Å². The number of nitrogens with one attached hydrogen (secondary N) is 1. The number of amides is 1. The van der Waals surface area contributed by atoms with Gasteiger partial charge in [-0.25, -0.2) is 0 Å². The van der Waals surface area contributed by atoms with Crippen molar-refractivity contribution < 1.29 is 4.79 Å². The molecule has 110 valence electrons. The third kappa shape index (κ3) is 4.07. The van der Waals surface area contributed by atoms with Gasteiger partial charge in [-0.05, 0) is 57.0 Å². The summed E-state index contributed by atoms with van der Waals surface area (Å²) in [6, 6.07) is 8.09. The quantitative estimate of drug-likeness (QED) is 0.912. The van der Waals surface area contributed by atoms with Gasteiger partial charge in [0.05, 0.1) is 6.04 Å². The first-order valence-electron chi connectivity index (χ1n) is 7.84. The van der Waals surface area contributed by atoms with Gasteiger partial charge in [0, 0.05) is 5.69 Å². The fourth-order valence-electron chi connectivity index (χ4n) is 2.72. The summed E-state index contributed by atoms with van der Waals surface area (Å²) < 4.78 is 0. The lowest BCUT2D eigenvalue weighted by Gasteiger charge is -2.26. The zero-order valence-electron chi connectivity index (χ0n) is 12.7. The lowest BCUT2D eigenvalue weighted by molar-refractivity contribution is -0.120. The summed E-state index contributed by atoms with van der Waals surface area (Å²) in [6.45, 7) is 6.24. The SMILES string of the molecule is CCc1ccc(NC(=O)C(C)N2CCCCCC2)cc1. The second kappa shape index (κ2) is 7.44. The minimum absolute atomic E-state index is 0.0426. The van der Waals surface area contributed by atoms with E-state index in [0.717, 1.165) is 25.2 Å². The number of hydrogen-bond donors (Lipinski definition) is 1. The molecule has 0 spiro atoms. The highest BCUT2D eigenvalue weighted by Gasteiger charge is 2.21. The first-order chi connectivity index (χ1) is 9.70. The molecule has 0 aliphatic carbocycles. The minimum Gasteiger partial charge on any atom is -0.325 e. The van der Waals surface area contributed by atoms with Crippen LogP contribution in [0.1, 0.15) is 45.1 Å². The van der Waals surface area contributed by atoms with Crippen LogP contribution in [0, 0.1) is 0 Å². The Morgan fingerprint density at radius 3 is 2.30 bits per heavy atom. The number of hydrogen-bond acceptors (Lipinski definition) is 2. The van der Waals surface area contributed by atoms with Gasteiger partial charge in [-0.1, -0.05) is 31.9 Å². The second-order valence-corrected chi connectivity index (χ2v) is 5.67. The molecule has 0 bridgehead atoms. The van der Waals surface area contributed by atoms with Gasteiger partial charge in [0.15, 0.2) is 0 Å². The van der Waals surface area contributed by atoms with E-state index in [1.807, 2.05) is 19.1 Å². The van der Waals surface area contributed by atoms with Crippen LogP contribution >= 0.6 is 0 Å². The van der Waals surface area contributed by atoms with Crippen LogP contribution in [0.3, 0.4) is 0 Å². The molecule has 3 heteroatoms. The molecular formula is C17H26N2O. The van der Waals surface area contributed by atoms with Crippen molar-refractivity contribution in [3.05, 3.63) is 29.8 Å². The maximum atomic E-state index is 12.3. The summed E-state index contributed by atoms with van der Waals surface area (Å²) in [5.74, 6) is 0.108. The molecule has 1 unspecified atom stereocenters.